The molecule has 1 fully saturated rings. The van der Waals surface area contributed by atoms with Crippen LogP contribution in [0.3, 0.4) is 0 Å². The van der Waals surface area contributed by atoms with Gasteiger partial charge in [0, 0.05) is 24.8 Å². The minimum Gasteiger partial charge on any atom is -0.493 e. The molecule has 0 radical (unpaired) electrons. The SMILES string of the molecule is COc1cc2ncnc(Oc3ccc(Nc4ccccc4N4CCOCC4)cc3)c2cc1OC. The van der Waals surface area contributed by atoms with Crippen molar-refractivity contribution in [2.24, 2.45) is 0 Å². The highest BCUT2D eigenvalue weighted by molar-refractivity contribution is 5.87. The number of ether oxygens (including phenoxy) is 4. The van der Waals surface area contributed by atoms with Crippen LogP contribution in [0, 0.1) is 0 Å². The molecule has 1 aliphatic rings. The van der Waals surface area contributed by atoms with Crippen molar-refractivity contribution < 1.29 is 18.9 Å². The van der Waals surface area contributed by atoms with Crippen molar-refractivity contribution >= 4 is 28.0 Å². The van der Waals surface area contributed by atoms with E-state index in [1.54, 1.807) is 14.2 Å². The monoisotopic (exact) mass is 458 g/mol. The summed E-state index contributed by atoms with van der Waals surface area (Å²) in [4.78, 5) is 11.0. The summed E-state index contributed by atoms with van der Waals surface area (Å²) in [5.74, 6) is 2.31. The molecule has 0 bridgehead atoms. The summed E-state index contributed by atoms with van der Waals surface area (Å²) in [6.45, 7) is 3.26. The summed E-state index contributed by atoms with van der Waals surface area (Å²) in [5.41, 5.74) is 3.90. The maximum Gasteiger partial charge on any atom is 0.230 e. The molecule has 0 unspecified atom stereocenters. The van der Waals surface area contributed by atoms with Gasteiger partial charge in [-0.1, -0.05) is 12.1 Å². The average molecular weight is 459 g/mol. The Hall–Kier alpha value is -4.04. The Morgan fingerprint density at radius 1 is 0.882 bits per heavy atom. The predicted octanol–water partition coefficient (Wildman–Crippen LogP) is 5.02. The number of fused-ring (bicyclic) bond motifs is 1. The molecule has 34 heavy (non-hydrogen) atoms. The molecule has 0 spiro atoms. The van der Waals surface area contributed by atoms with Crippen molar-refractivity contribution in [3.63, 3.8) is 0 Å². The predicted molar refractivity (Wildman–Crippen MR) is 132 cm³/mol. The van der Waals surface area contributed by atoms with E-state index in [1.807, 2.05) is 42.5 Å². The Kier molecular flexibility index (Phi) is 6.31. The third-order valence-electron chi connectivity index (χ3n) is 5.71. The minimum atomic E-state index is 0.448. The average Bonchev–Trinajstić information content (AvgIpc) is 2.90. The number of morpholine rings is 1. The number of aromatic nitrogens is 2. The van der Waals surface area contributed by atoms with Crippen LogP contribution in [0.5, 0.6) is 23.1 Å². The number of benzene rings is 3. The molecule has 0 aliphatic carbocycles. The van der Waals surface area contributed by atoms with Crippen LogP contribution >= 0.6 is 0 Å². The molecule has 2 heterocycles. The van der Waals surface area contributed by atoms with Gasteiger partial charge in [-0.2, -0.15) is 0 Å². The van der Waals surface area contributed by atoms with Crippen molar-refractivity contribution in [2.45, 2.75) is 0 Å². The van der Waals surface area contributed by atoms with Gasteiger partial charge in [0.05, 0.1) is 49.7 Å². The standard InChI is InChI=1S/C26H26N4O4/c1-31-24-15-20-22(16-25(24)32-2)27-17-28-26(20)34-19-9-7-18(8-10-19)29-21-5-3-4-6-23(21)30-11-13-33-14-12-30/h3-10,15-17,29H,11-14H2,1-2H3. The molecular formula is C26H26N4O4. The van der Waals surface area contributed by atoms with Gasteiger partial charge in [-0.15, -0.1) is 0 Å². The maximum absolute atomic E-state index is 6.09. The van der Waals surface area contributed by atoms with Gasteiger partial charge in [0.15, 0.2) is 11.5 Å². The third kappa shape index (κ3) is 4.53. The molecule has 0 atom stereocenters. The van der Waals surface area contributed by atoms with Gasteiger partial charge < -0.3 is 29.2 Å². The molecule has 8 nitrogen and oxygen atoms in total. The molecule has 5 rings (SSSR count). The first-order chi connectivity index (χ1) is 16.7. The highest BCUT2D eigenvalue weighted by atomic mass is 16.5. The van der Waals surface area contributed by atoms with Crippen molar-refractivity contribution in [1.82, 2.24) is 9.97 Å². The lowest BCUT2D eigenvalue weighted by atomic mass is 10.2. The molecule has 1 aromatic heterocycles. The molecule has 4 aromatic rings. The fourth-order valence-corrected chi connectivity index (χ4v) is 3.97. The van der Waals surface area contributed by atoms with E-state index in [0.29, 0.717) is 28.6 Å². The van der Waals surface area contributed by atoms with Gasteiger partial charge >= 0.3 is 0 Å². The van der Waals surface area contributed by atoms with Gasteiger partial charge in [0.1, 0.15) is 12.1 Å². The smallest absolute Gasteiger partial charge is 0.230 e. The van der Waals surface area contributed by atoms with Gasteiger partial charge in [-0.25, -0.2) is 9.97 Å². The van der Waals surface area contributed by atoms with Crippen LogP contribution in [0.4, 0.5) is 17.1 Å². The zero-order chi connectivity index (χ0) is 23.3. The van der Waals surface area contributed by atoms with Gasteiger partial charge in [0.2, 0.25) is 5.88 Å². The summed E-state index contributed by atoms with van der Waals surface area (Å²) < 4.78 is 22.4. The fourth-order valence-electron chi connectivity index (χ4n) is 3.97. The van der Waals surface area contributed by atoms with Crippen LogP contribution in [0.25, 0.3) is 10.9 Å². The summed E-state index contributed by atoms with van der Waals surface area (Å²) in [6.07, 6.45) is 1.47. The second-order valence-electron chi connectivity index (χ2n) is 7.77. The van der Waals surface area contributed by atoms with Crippen molar-refractivity contribution in [3.05, 3.63) is 67.0 Å². The summed E-state index contributed by atoms with van der Waals surface area (Å²) in [5, 5.41) is 4.26. The first-order valence-corrected chi connectivity index (χ1v) is 11.1. The van der Waals surface area contributed by atoms with E-state index in [9.17, 15) is 0 Å². The number of hydrogen-bond donors (Lipinski definition) is 1. The molecule has 174 valence electrons. The number of nitrogens with zero attached hydrogens (tertiary/aromatic N) is 3. The molecule has 0 amide bonds. The highest BCUT2D eigenvalue weighted by Crippen LogP contribution is 2.36. The first-order valence-electron chi connectivity index (χ1n) is 11.1. The van der Waals surface area contributed by atoms with Gasteiger partial charge in [-0.05, 0) is 42.5 Å². The molecule has 0 saturated carbocycles. The molecule has 1 N–H and O–H groups in total. The van der Waals surface area contributed by atoms with Gasteiger partial charge in [-0.3, -0.25) is 0 Å². The number of methoxy groups -OCH3 is 2. The molecular weight excluding hydrogens is 432 g/mol. The van der Waals surface area contributed by atoms with E-state index in [1.165, 1.54) is 12.0 Å². The van der Waals surface area contributed by atoms with Crippen LogP contribution in [0.15, 0.2) is 67.0 Å². The normalized spacial score (nSPS) is 13.5. The van der Waals surface area contributed by atoms with Crippen molar-refractivity contribution in [3.8, 4) is 23.1 Å². The van der Waals surface area contributed by atoms with Crippen LogP contribution in [-0.2, 0) is 4.74 Å². The van der Waals surface area contributed by atoms with Crippen LogP contribution < -0.4 is 24.4 Å². The van der Waals surface area contributed by atoms with Crippen LogP contribution in [0.2, 0.25) is 0 Å². The Morgan fingerprint density at radius 3 is 2.38 bits per heavy atom. The second kappa shape index (κ2) is 9.84. The zero-order valence-electron chi connectivity index (χ0n) is 19.2. The lowest BCUT2D eigenvalue weighted by Gasteiger charge is -2.30. The number of rotatable bonds is 7. The maximum atomic E-state index is 6.09. The highest BCUT2D eigenvalue weighted by Gasteiger charge is 2.15. The minimum absolute atomic E-state index is 0.448. The summed E-state index contributed by atoms with van der Waals surface area (Å²) in [7, 11) is 3.19. The fraction of sp³-hybridized carbons (Fsp3) is 0.231. The lowest BCUT2D eigenvalue weighted by Crippen LogP contribution is -2.36. The zero-order valence-corrected chi connectivity index (χ0v) is 19.2. The third-order valence-corrected chi connectivity index (χ3v) is 5.71. The van der Waals surface area contributed by atoms with Crippen molar-refractivity contribution in [1.29, 1.82) is 0 Å². The lowest BCUT2D eigenvalue weighted by molar-refractivity contribution is 0.123. The van der Waals surface area contributed by atoms with E-state index in [0.717, 1.165) is 43.1 Å². The van der Waals surface area contributed by atoms with Crippen LogP contribution in [-0.4, -0.2) is 50.5 Å². The number of anilines is 3. The molecule has 1 aliphatic heterocycles. The Morgan fingerprint density at radius 2 is 1.62 bits per heavy atom. The first kappa shape index (κ1) is 21.8. The van der Waals surface area contributed by atoms with Crippen LogP contribution in [0.1, 0.15) is 0 Å². The Labute approximate surface area is 198 Å². The van der Waals surface area contributed by atoms with Gasteiger partial charge in [0.25, 0.3) is 0 Å². The Balaban J connectivity index is 1.35. The van der Waals surface area contributed by atoms with E-state index >= 15 is 0 Å². The van der Waals surface area contributed by atoms with E-state index < -0.39 is 0 Å². The largest absolute Gasteiger partial charge is 0.493 e. The topological polar surface area (TPSA) is 78.0 Å². The van der Waals surface area contributed by atoms with E-state index in [-0.39, 0.29) is 0 Å². The van der Waals surface area contributed by atoms with E-state index in [4.69, 9.17) is 18.9 Å². The number of hydrogen-bond acceptors (Lipinski definition) is 8. The second-order valence-corrected chi connectivity index (χ2v) is 7.77. The Bertz CT molecular complexity index is 1270. The molecule has 8 heteroatoms. The quantitative estimate of drug-likeness (QED) is 0.414. The molecule has 1 saturated heterocycles. The summed E-state index contributed by atoms with van der Waals surface area (Å²) >= 11 is 0. The summed E-state index contributed by atoms with van der Waals surface area (Å²) in [6, 6.07) is 19.7. The van der Waals surface area contributed by atoms with E-state index in [2.05, 4.69) is 38.4 Å². The number of para-hydroxylation sites is 2. The van der Waals surface area contributed by atoms with Crippen molar-refractivity contribution in [2.75, 3.05) is 50.7 Å². The number of nitrogens with one attached hydrogen (secondary N) is 1. The molecule has 3 aromatic carbocycles.